The lowest BCUT2D eigenvalue weighted by Gasteiger charge is -2.33. The van der Waals surface area contributed by atoms with Gasteiger partial charge in [-0.05, 0) is 26.7 Å². The smallest absolute Gasteiger partial charge is 0.193 e. The van der Waals surface area contributed by atoms with Crippen LogP contribution in [-0.4, -0.2) is 48.7 Å². The first-order valence-corrected chi connectivity index (χ1v) is 8.03. The summed E-state index contributed by atoms with van der Waals surface area (Å²) in [6.07, 6.45) is 4.50. The summed E-state index contributed by atoms with van der Waals surface area (Å²) in [6.45, 7) is 7.70. The number of nitrogens with one attached hydrogen (secondary N) is 1. The van der Waals surface area contributed by atoms with Crippen molar-refractivity contribution in [3.63, 3.8) is 0 Å². The van der Waals surface area contributed by atoms with Gasteiger partial charge in [0.15, 0.2) is 5.96 Å². The highest BCUT2D eigenvalue weighted by molar-refractivity contribution is 14.0. The van der Waals surface area contributed by atoms with E-state index in [0.717, 1.165) is 50.0 Å². The van der Waals surface area contributed by atoms with Crippen LogP contribution < -0.4 is 5.32 Å². The fourth-order valence-electron chi connectivity index (χ4n) is 2.46. The van der Waals surface area contributed by atoms with Gasteiger partial charge in [0, 0.05) is 37.8 Å². The molecule has 0 spiro atoms. The van der Waals surface area contributed by atoms with Gasteiger partial charge in [0.2, 0.25) is 0 Å². The Morgan fingerprint density at radius 3 is 2.76 bits per heavy atom. The second-order valence-electron chi connectivity index (χ2n) is 4.89. The summed E-state index contributed by atoms with van der Waals surface area (Å²) >= 11 is 1.73. The van der Waals surface area contributed by atoms with Crippen molar-refractivity contribution in [1.82, 2.24) is 15.2 Å². The van der Waals surface area contributed by atoms with E-state index in [9.17, 15) is 0 Å². The zero-order chi connectivity index (χ0) is 14.4. The average Bonchev–Trinajstić information content (AvgIpc) is 2.87. The van der Waals surface area contributed by atoms with E-state index in [2.05, 4.69) is 27.1 Å². The fraction of sp³-hybridized carbons (Fsp3) is 0.714. The molecule has 120 valence electrons. The summed E-state index contributed by atoms with van der Waals surface area (Å²) in [5.74, 6) is 0.978. The molecule has 1 aromatic heterocycles. The van der Waals surface area contributed by atoms with E-state index in [4.69, 9.17) is 4.74 Å². The summed E-state index contributed by atoms with van der Waals surface area (Å²) in [7, 11) is 1.84. The average molecular weight is 424 g/mol. The third-order valence-corrected chi connectivity index (χ3v) is 4.36. The molecule has 0 atom stereocenters. The predicted octanol–water partition coefficient (Wildman–Crippen LogP) is 2.65. The lowest BCUT2D eigenvalue weighted by atomic mass is 10.1. The zero-order valence-electron chi connectivity index (χ0n) is 13.0. The standard InChI is InChI=1S/C14H24N4OS.HI/c1-4-19-12-5-7-18(8-6-12)14(15-3)17-10-13-9-16-11(2)20-13;/h9,12H,4-8,10H2,1-3H3,(H,15,17);1H. The molecule has 1 aliphatic rings. The van der Waals surface area contributed by atoms with E-state index in [1.165, 1.54) is 4.88 Å². The van der Waals surface area contributed by atoms with Gasteiger partial charge in [-0.2, -0.15) is 0 Å². The normalized spacial score (nSPS) is 16.7. The Labute approximate surface area is 148 Å². The largest absolute Gasteiger partial charge is 0.378 e. The number of guanidine groups is 1. The molecule has 0 radical (unpaired) electrons. The summed E-state index contributed by atoms with van der Waals surface area (Å²) in [5.41, 5.74) is 0. The van der Waals surface area contributed by atoms with E-state index in [1.807, 2.05) is 20.2 Å². The number of hydrogen-bond donors (Lipinski definition) is 1. The number of aryl methyl sites for hydroxylation is 1. The lowest BCUT2D eigenvalue weighted by Crippen LogP contribution is -2.46. The molecule has 0 unspecified atom stereocenters. The van der Waals surface area contributed by atoms with Crippen LogP contribution in [0.2, 0.25) is 0 Å². The van der Waals surface area contributed by atoms with Crippen molar-refractivity contribution in [3.05, 3.63) is 16.1 Å². The molecule has 1 aliphatic heterocycles. The van der Waals surface area contributed by atoms with Crippen LogP contribution in [0.15, 0.2) is 11.2 Å². The highest BCUT2D eigenvalue weighted by Crippen LogP contribution is 2.14. The number of rotatable bonds is 4. The van der Waals surface area contributed by atoms with Crippen molar-refractivity contribution < 1.29 is 4.74 Å². The molecule has 1 aromatic rings. The van der Waals surface area contributed by atoms with E-state index in [-0.39, 0.29) is 24.0 Å². The molecular formula is C14H25IN4OS. The number of piperidine rings is 1. The number of thiazole rings is 1. The molecule has 2 rings (SSSR count). The number of halogens is 1. The monoisotopic (exact) mass is 424 g/mol. The highest BCUT2D eigenvalue weighted by Gasteiger charge is 2.21. The van der Waals surface area contributed by atoms with Gasteiger partial charge in [-0.3, -0.25) is 4.99 Å². The second kappa shape index (κ2) is 9.58. The fourth-order valence-corrected chi connectivity index (χ4v) is 3.19. The summed E-state index contributed by atoms with van der Waals surface area (Å²) < 4.78 is 5.68. The molecule has 7 heteroatoms. The Morgan fingerprint density at radius 1 is 1.52 bits per heavy atom. The van der Waals surface area contributed by atoms with Gasteiger partial charge in [-0.25, -0.2) is 4.98 Å². The minimum Gasteiger partial charge on any atom is -0.378 e. The topological polar surface area (TPSA) is 49.8 Å². The van der Waals surface area contributed by atoms with Crippen LogP contribution in [0.1, 0.15) is 29.7 Å². The van der Waals surface area contributed by atoms with Gasteiger partial charge < -0.3 is 15.0 Å². The van der Waals surface area contributed by atoms with Crippen LogP contribution in [0.5, 0.6) is 0 Å². The van der Waals surface area contributed by atoms with Crippen molar-refractivity contribution >= 4 is 41.3 Å². The Morgan fingerprint density at radius 2 is 2.24 bits per heavy atom. The molecule has 0 saturated carbocycles. The zero-order valence-corrected chi connectivity index (χ0v) is 16.1. The minimum absolute atomic E-state index is 0. The third-order valence-electron chi connectivity index (χ3n) is 3.45. The summed E-state index contributed by atoms with van der Waals surface area (Å²) in [6, 6.07) is 0. The SMILES string of the molecule is CCOC1CCN(C(=NC)NCc2cnc(C)s2)CC1.I. The number of ether oxygens (including phenoxy) is 1. The Balaban J connectivity index is 0.00000220. The predicted molar refractivity (Wildman–Crippen MR) is 98.7 cm³/mol. The number of likely N-dealkylation sites (tertiary alicyclic amines) is 1. The van der Waals surface area contributed by atoms with Crippen LogP contribution in [0.25, 0.3) is 0 Å². The Bertz CT molecular complexity index is 444. The molecular weight excluding hydrogens is 399 g/mol. The van der Waals surface area contributed by atoms with Gasteiger partial charge >= 0.3 is 0 Å². The summed E-state index contributed by atoms with van der Waals surface area (Å²) in [4.78, 5) is 12.2. The molecule has 1 fully saturated rings. The molecule has 21 heavy (non-hydrogen) atoms. The molecule has 0 bridgehead atoms. The first-order chi connectivity index (χ1) is 9.72. The van der Waals surface area contributed by atoms with Gasteiger partial charge in [-0.1, -0.05) is 0 Å². The van der Waals surface area contributed by atoms with E-state index < -0.39 is 0 Å². The van der Waals surface area contributed by atoms with Gasteiger partial charge in [-0.15, -0.1) is 35.3 Å². The molecule has 1 saturated heterocycles. The maximum absolute atomic E-state index is 5.68. The van der Waals surface area contributed by atoms with Crippen molar-refractivity contribution in [3.8, 4) is 0 Å². The van der Waals surface area contributed by atoms with E-state index in [0.29, 0.717) is 6.10 Å². The second-order valence-corrected chi connectivity index (χ2v) is 6.21. The van der Waals surface area contributed by atoms with Crippen LogP contribution >= 0.6 is 35.3 Å². The van der Waals surface area contributed by atoms with Crippen LogP contribution in [0.4, 0.5) is 0 Å². The molecule has 2 heterocycles. The van der Waals surface area contributed by atoms with Crippen LogP contribution in [-0.2, 0) is 11.3 Å². The molecule has 0 aliphatic carbocycles. The summed E-state index contributed by atoms with van der Waals surface area (Å²) in [5, 5.41) is 4.53. The Kier molecular flexibility index (Phi) is 8.50. The van der Waals surface area contributed by atoms with Gasteiger partial charge in [0.25, 0.3) is 0 Å². The number of hydrogen-bond acceptors (Lipinski definition) is 4. The van der Waals surface area contributed by atoms with Crippen molar-refractivity contribution in [2.45, 2.75) is 39.3 Å². The third kappa shape index (κ3) is 5.71. The molecule has 0 aromatic carbocycles. The first kappa shape index (κ1) is 18.6. The van der Waals surface area contributed by atoms with Crippen LogP contribution in [0, 0.1) is 6.92 Å². The quantitative estimate of drug-likeness (QED) is 0.459. The number of nitrogens with zero attached hydrogens (tertiary/aromatic N) is 3. The minimum atomic E-state index is 0. The first-order valence-electron chi connectivity index (χ1n) is 7.21. The van der Waals surface area contributed by atoms with Crippen molar-refractivity contribution in [1.29, 1.82) is 0 Å². The van der Waals surface area contributed by atoms with Crippen molar-refractivity contribution in [2.24, 2.45) is 4.99 Å². The highest BCUT2D eigenvalue weighted by atomic mass is 127. The van der Waals surface area contributed by atoms with Crippen molar-refractivity contribution in [2.75, 3.05) is 26.7 Å². The Hall–Kier alpha value is -0.410. The van der Waals surface area contributed by atoms with E-state index >= 15 is 0 Å². The van der Waals surface area contributed by atoms with Gasteiger partial charge in [0.1, 0.15) is 0 Å². The van der Waals surface area contributed by atoms with Crippen LogP contribution in [0.3, 0.4) is 0 Å². The number of aromatic nitrogens is 1. The molecule has 0 amide bonds. The van der Waals surface area contributed by atoms with Gasteiger partial charge in [0.05, 0.1) is 17.7 Å². The maximum atomic E-state index is 5.68. The molecule has 1 N–H and O–H groups in total. The van der Waals surface area contributed by atoms with E-state index in [1.54, 1.807) is 11.3 Å². The molecule has 5 nitrogen and oxygen atoms in total. The number of aliphatic imine (C=N–C) groups is 1. The lowest BCUT2D eigenvalue weighted by molar-refractivity contribution is 0.0263. The maximum Gasteiger partial charge on any atom is 0.193 e.